The molecule has 0 aliphatic carbocycles. The molecule has 1 saturated heterocycles. The quantitative estimate of drug-likeness (QED) is 0.809. The molecule has 6 nitrogen and oxygen atoms in total. The molecule has 3 rings (SSSR count). The van der Waals surface area contributed by atoms with E-state index in [-0.39, 0.29) is 11.9 Å². The Kier molecular flexibility index (Phi) is 6.42. The lowest BCUT2D eigenvalue weighted by molar-refractivity contribution is 0.0926. The summed E-state index contributed by atoms with van der Waals surface area (Å²) in [5.41, 5.74) is 1.82. The highest BCUT2D eigenvalue weighted by Gasteiger charge is 2.34. The second-order valence-corrected chi connectivity index (χ2v) is 7.39. The van der Waals surface area contributed by atoms with E-state index in [1.54, 1.807) is 19.4 Å². The number of amides is 1. The predicted molar refractivity (Wildman–Crippen MR) is 106 cm³/mol. The second kappa shape index (κ2) is 8.97. The summed E-state index contributed by atoms with van der Waals surface area (Å²) in [4.78, 5) is 21.5. The molecule has 144 valence electrons. The van der Waals surface area contributed by atoms with Gasteiger partial charge in [0, 0.05) is 56.1 Å². The van der Waals surface area contributed by atoms with Gasteiger partial charge in [-0.1, -0.05) is 12.1 Å². The minimum Gasteiger partial charge on any atom is -0.497 e. The summed E-state index contributed by atoms with van der Waals surface area (Å²) in [7, 11) is 5.76. The molecular formula is C21H28N4O2. The molecule has 1 N–H and O–H groups in total. The van der Waals surface area contributed by atoms with Crippen molar-refractivity contribution in [3.8, 4) is 5.75 Å². The SMILES string of the molecule is COc1cccc(C(=O)N[C@@H]2CN(Cc3cccnc3)C[C@H]2CN(C)C)c1. The Bertz CT molecular complexity index is 751. The number of nitrogens with zero attached hydrogens (tertiary/aromatic N) is 3. The lowest BCUT2D eigenvalue weighted by atomic mass is 10.0. The van der Waals surface area contributed by atoms with Gasteiger partial charge in [0.1, 0.15) is 5.75 Å². The van der Waals surface area contributed by atoms with Crippen LogP contribution in [0.5, 0.6) is 5.75 Å². The molecule has 1 aromatic heterocycles. The molecule has 1 fully saturated rings. The van der Waals surface area contributed by atoms with Gasteiger partial charge in [0.25, 0.3) is 5.91 Å². The summed E-state index contributed by atoms with van der Waals surface area (Å²) >= 11 is 0. The van der Waals surface area contributed by atoms with Gasteiger partial charge in [0.2, 0.25) is 0 Å². The fraction of sp³-hybridized carbons (Fsp3) is 0.429. The number of benzene rings is 1. The maximum Gasteiger partial charge on any atom is 0.251 e. The number of hydrogen-bond donors (Lipinski definition) is 1. The van der Waals surface area contributed by atoms with E-state index in [1.165, 1.54) is 5.56 Å². The Morgan fingerprint density at radius 3 is 2.85 bits per heavy atom. The van der Waals surface area contributed by atoms with Crippen LogP contribution in [0.4, 0.5) is 0 Å². The smallest absolute Gasteiger partial charge is 0.251 e. The van der Waals surface area contributed by atoms with Crippen molar-refractivity contribution in [2.45, 2.75) is 12.6 Å². The maximum atomic E-state index is 12.8. The van der Waals surface area contributed by atoms with E-state index in [9.17, 15) is 4.79 Å². The number of ether oxygens (including phenoxy) is 1. The lowest BCUT2D eigenvalue weighted by Gasteiger charge is -2.23. The molecule has 0 bridgehead atoms. The summed E-state index contributed by atoms with van der Waals surface area (Å²) in [5, 5.41) is 3.24. The monoisotopic (exact) mass is 368 g/mol. The number of hydrogen-bond acceptors (Lipinski definition) is 5. The van der Waals surface area contributed by atoms with Crippen LogP contribution in [0.2, 0.25) is 0 Å². The summed E-state index contributed by atoms with van der Waals surface area (Å²) in [6.45, 7) is 3.58. The summed E-state index contributed by atoms with van der Waals surface area (Å²) in [5.74, 6) is 1.02. The number of carbonyl (C=O) groups excluding carboxylic acids is 1. The molecule has 1 aromatic carbocycles. The van der Waals surface area contributed by atoms with Gasteiger partial charge >= 0.3 is 0 Å². The van der Waals surface area contributed by atoms with Crippen molar-refractivity contribution in [2.75, 3.05) is 40.8 Å². The van der Waals surface area contributed by atoms with Crippen LogP contribution >= 0.6 is 0 Å². The van der Waals surface area contributed by atoms with E-state index in [4.69, 9.17) is 4.74 Å². The van der Waals surface area contributed by atoms with E-state index < -0.39 is 0 Å². The van der Waals surface area contributed by atoms with Gasteiger partial charge in [-0.3, -0.25) is 14.7 Å². The van der Waals surface area contributed by atoms with Gasteiger partial charge in [0.15, 0.2) is 0 Å². The fourth-order valence-electron chi connectivity index (χ4n) is 3.67. The van der Waals surface area contributed by atoms with Gasteiger partial charge in [-0.15, -0.1) is 0 Å². The molecule has 0 unspecified atom stereocenters. The first kappa shape index (κ1) is 19.3. The third-order valence-corrected chi connectivity index (χ3v) is 4.89. The molecule has 1 aliphatic heterocycles. The number of pyridine rings is 1. The van der Waals surface area contributed by atoms with Crippen LogP contribution < -0.4 is 10.1 Å². The fourth-order valence-corrected chi connectivity index (χ4v) is 3.67. The van der Waals surface area contributed by atoms with Gasteiger partial charge in [-0.2, -0.15) is 0 Å². The Hall–Kier alpha value is -2.44. The highest BCUT2D eigenvalue weighted by Crippen LogP contribution is 2.21. The summed E-state index contributed by atoms with van der Waals surface area (Å²) in [6, 6.07) is 11.5. The van der Waals surface area contributed by atoms with E-state index in [0.29, 0.717) is 17.2 Å². The number of nitrogens with one attached hydrogen (secondary N) is 1. The highest BCUT2D eigenvalue weighted by molar-refractivity contribution is 5.94. The Labute approximate surface area is 161 Å². The maximum absolute atomic E-state index is 12.8. The van der Waals surface area contributed by atoms with Crippen LogP contribution in [0.25, 0.3) is 0 Å². The molecule has 0 spiro atoms. The third kappa shape index (κ3) is 5.28. The number of methoxy groups -OCH3 is 1. The average molecular weight is 368 g/mol. The van der Waals surface area contributed by atoms with Crippen molar-refractivity contribution in [1.82, 2.24) is 20.1 Å². The summed E-state index contributed by atoms with van der Waals surface area (Å²) < 4.78 is 5.23. The molecule has 2 aromatic rings. The normalized spacial score (nSPS) is 20.0. The molecule has 27 heavy (non-hydrogen) atoms. The molecule has 2 heterocycles. The van der Waals surface area contributed by atoms with Gasteiger partial charge in [0.05, 0.1) is 7.11 Å². The van der Waals surface area contributed by atoms with Gasteiger partial charge < -0.3 is 15.0 Å². The average Bonchev–Trinajstić information content (AvgIpc) is 3.02. The van der Waals surface area contributed by atoms with E-state index in [1.807, 2.05) is 30.5 Å². The molecule has 0 saturated carbocycles. The number of carbonyl (C=O) groups is 1. The topological polar surface area (TPSA) is 57.7 Å². The third-order valence-electron chi connectivity index (χ3n) is 4.89. The zero-order chi connectivity index (χ0) is 19.2. The molecular weight excluding hydrogens is 340 g/mol. The predicted octanol–water partition coefficient (Wildman–Crippen LogP) is 1.88. The molecule has 0 radical (unpaired) electrons. The van der Waals surface area contributed by atoms with Crippen LogP contribution in [-0.4, -0.2) is 67.6 Å². The Morgan fingerprint density at radius 2 is 2.15 bits per heavy atom. The first-order valence-corrected chi connectivity index (χ1v) is 9.26. The Morgan fingerprint density at radius 1 is 1.30 bits per heavy atom. The van der Waals surface area contributed by atoms with Gasteiger partial charge in [-0.25, -0.2) is 0 Å². The van der Waals surface area contributed by atoms with Crippen LogP contribution in [0.3, 0.4) is 0 Å². The standard InChI is InChI=1S/C21H28N4O2/c1-24(2)13-18-14-25(12-16-6-5-9-22-11-16)15-20(18)23-21(26)17-7-4-8-19(10-17)27-3/h4-11,18,20H,12-15H2,1-3H3,(H,23,26)/t18-,20-/m1/s1. The number of rotatable bonds is 7. The van der Waals surface area contributed by atoms with Crippen LogP contribution in [0.15, 0.2) is 48.8 Å². The first-order valence-electron chi connectivity index (χ1n) is 9.26. The first-order chi connectivity index (χ1) is 13.0. The minimum absolute atomic E-state index is 0.0501. The summed E-state index contributed by atoms with van der Waals surface area (Å²) in [6.07, 6.45) is 3.70. The van der Waals surface area contributed by atoms with E-state index in [0.717, 1.165) is 26.2 Å². The molecule has 2 atom stereocenters. The van der Waals surface area contributed by atoms with Crippen molar-refractivity contribution in [3.05, 3.63) is 59.9 Å². The molecule has 1 amide bonds. The lowest BCUT2D eigenvalue weighted by Crippen LogP contribution is -2.43. The molecule has 1 aliphatic rings. The van der Waals surface area contributed by atoms with Crippen molar-refractivity contribution in [3.63, 3.8) is 0 Å². The van der Waals surface area contributed by atoms with Crippen LogP contribution in [0.1, 0.15) is 15.9 Å². The minimum atomic E-state index is -0.0501. The van der Waals surface area contributed by atoms with Gasteiger partial charge in [-0.05, 0) is 43.9 Å². The Balaban J connectivity index is 1.68. The van der Waals surface area contributed by atoms with Crippen molar-refractivity contribution in [1.29, 1.82) is 0 Å². The van der Waals surface area contributed by atoms with Crippen molar-refractivity contribution < 1.29 is 9.53 Å². The zero-order valence-electron chi connectivity index (χ0n) is 16.3. The van der Waals surface area contributed by atoms with Crippen molar-refractivity contribution in [2.24, 2.45) is 5.92 Å². The van der Waals surface area contributed by atoms with Crippen LogP contribution in [-0.2, 0) is 6.54 Å². The van der Waals surface area contributed by atoms with E-state index in [2.05, 4.69) is 40.3 Å². The second-order valence-electron chi connectivity index (χ2n) is 7.39. The number of likely N-dealkylation sites (tertiary alicyclic amines) is 1. The highest BCUT2D eigenvalue weighted by atomic mass is 16.5. The largest absolute Gasteiger partial charge is 0.497 e. The number of aromatic nitrogens is 1. The van der Waals surface area contributed by atoms with Crippen molar-refractivity contribution >= 4 is 5.91 Å². The molecule has 6 heteroatoms. The van der Waals surface area contributed by atoms with Crippen LogP contribution in [0, 0.1) is 5.92 Å². The zero-order valence-corrected chi connectivity index (χ0v) is 16.3. The van der Waals surface area contributed by atoms with E-state index >= 15 is 0 Å².